The van der Waals surface area contributed by atoms with Gasteiger partial charge in [-0.1, -0.05) is 0 Å². The summed E-state index contributed by atoms with van der Waals surface area (Å²) in [6.07, 6.45) is 1.42. The zero-order chi connectivity index (χ0) is 22.9. The molecule has 0 aromatic heterocycles. The van der Waals surface area contributed by atoms with Crippen LogP contribution in [0.2, 0.25) is 0 Å². The molecular formula is C20H35N3O6S. The molecular weight excluding hydrogens is 410 g/mol. The standard InChI is InChI=1S/C20H35N3O6S/c1-19(2,28-5)7-9-29-20(3,4)13-22-16(25)6-8-23-17(26)10-15(18(23)27)30-12-14(21)11-24/h11,14-15H,6-10,12-13,21H2,1-5H3,(H,22,25). The van der Waals surface area contributed by atoms with Crippen LogP contribution in [0.15, 0.2) is 0 Å². The highest BCUT2D eigenvalue weighted by molar-refractivity contribution is 8.00. The minimum Gasteiger partial charge on any atom is -0.379 e. The Morgan fingerprint density at radius 1 is 1.33 bits per heavy atom. The molecule has 0 spiro atoms. The molecule has 1 saturated heterocycles. The van der Waals surface area contributed by atoms with Crippen molar-refractivity contribution in [1.29, 1.82) is 0 Å². The number of methoxy groups -OCH3 is 1. The maximum Gasteiger partial charge on any atom is 0.242 e. The third kappa shape index (κ3) is 9.11. The molecule has 3 amide bonds. The van der Waals surface area contributed by atoms with Gasteiger partial charge in [-0.15, -0.1) is 11.8 Å². The molecule has 0 aromatic rings. The highest BCUT2D eigenvalue weighted by Gasteiger charge is 2.38. The second-order valence-corrected chi connectivity index (χ2v) is 9.79. The first-order valence-electron chi connectivity index (χ1n) is 10.0. The number of likely N-dealkylation sites (tertiary alicyclic amines) is 1. The Hall–Kier alpha value is -1.49. The van der Waals surface area contributed by atoms with Crippen molar-refractivity contribution < 1.29 is 28.7 Å². The Kier molecular flexibility index (Phi) is 10.4. The zero-order valence-corrected chi connectivity index (χ0v) is 19.4. The Balaban J connectivity index is 2.37. The van der Waals surface area contributed by atoms with Crippen molar-refractivity contribution in [3.8, 4) is 0 Å². The summed E-state index contributed by atoms with van der Waals surface area (Å²) in [7, 11) is 1.66. The summed E-state index contributed by atoms with van der Waals surface area (Å²) < 4.78 is 11.2. The molecule has 1 rings (SSSR count). The number of carbonyl (C=O) groups excluding carboxylic acids is 4. The molecule has 1 aliphatic heterocycles. The highest BCUT2D eigenvalue weighted by Crippen LogP contribution is 2.25. The van der Waals surface area contributed by atoms with E-state index < -0.39 is 16.9 Å². The predicted octanol–water partition coefficient (Wildman–Crippen LogP) is 0.490. The number of amides is 3. The summed E-state index contributed by atoms with van der Waals surface area (Å²) in [6, 6.07) is -0.663. The number of carbonyl (C=O) groups is 4. The fourth-order valence-electron chi connectivity index (χ4n) is 2.62. The molecule has 0 saturated carbocycles. The van der Waals surface area contributed by atoms with Crippen molar-refractivity contribution in [2.24, 2.45) is 5.73 Å². The van der Waals surface area contributed by atoms with Crippen molar-refractivity contribution in [3.05, 3.63) is 0 Å². The van der Waals surface area contributed by atoms with Gasteiger partial charge in [0.1, 0.15) is 6.29 Å². The van der Waals surface area contributed by atoms with E-state index in [9.17, 15) is 19.2 Å². The van der Waals surface area contributed by atoms with Gasteiger partial charge in [-0.3, -0.25) is 19.3 Å². The van der Waals surface area contributed by atoms with Crippen LogP contribution in [0.25, 0.3) is 0 Å². The summed E-state index contributed by atoms with van der Waals surface area (Å²) in [4.78, 5) is 48.3. The summed E-state index contributed by atoms with van der Waals surface area (Å²) >= 11 is 1.20. The molecule has 0 aromatic carbocycles. The fraction of sp³-hybridized carbons (Fsp3) is 0.800. The molecule has 1 aliphatic rings. The molecule has 2 atom stereocenters. The monoisotopic (exact) mass is 445 g/mol. The number of nitrogens with one attached hydrogen (secondary N) is 1. The average molecular weight is 446 g/mol. The van der Waals surface area contributed by atoms with Gasteiger partial charge in [-0.2, -0.15) is 0 Å². The van der Waals surface area contributed by atoms with E-state index in [4.69, 9.17) is 15.2 Å². The van der Waals surface area contributed by atoms with Gasteiger partial charge in [-0.25, -0.2) is 0 Å². The highest BCUT2D eigenvalue weighted by atomic mass is 32.2. The summed E-state index contributed by atoms with van der Waals surface area (Å²) in [5.74, 6) is -0.628. The van der Waals surface area contributed by atoms with E-state index in [1.165, 1.54) is 11.8 Å². The molecule has 0 bridgehead atoms. The third-order valence-corrected chi connectivity index (χ3v) is 6.24. The van der Waals surface area contributed by atoms with Crippen LogP contribution in [0.3, 0.4) is 0 Å². The predicted molar refractivity (Wildman–Crippen MR) is 115 cm³/mol. The summed E-state index contributed by atoms with van der Waals surface area (Å²) in [6.45, 7) is 8.55. The molecule has 1 fully saturated rings. The van der Waals surface area contributed by atoms with E-state index in [0.717, 1.165) is 11.3 Å². The van der Waals surface area contributed by atoms with Gasteiger partial charge in [0.25, 0.3) is 0 Å². The average Bonchev–Trinajstić information content (AvgIpc) is 2.95. The van der Waals surface area contributed by atoms with Gasteiger partial charge in [0.15, 0.2) is 0 Å². The molecule has 0 radical (unpaired) electrons. The molecule has 3 N–H and O–H groups in total. The lowest BCUT2D eigenvalue weighted by Crippen LogP contribution is -2.42. The first-order chi connectivity index (χ1) is 13.9. The Bertz CT molecular complexity index is 626. The van der Waals surface area contributed by atoms with E-state index in [0.29, 0.717) is 19.4 Å². The largest absolute Gasteiger partial charge is 0.379 e. The van der Waals surface area contributed by atoms with Crippen LogP contribution in [0.1, 0.15) is 47.0 Å². The minimum absolute atomic E-state index is 0.0233. The van der Waals surface area contributed by atoms with E-state index in [1.54, 1.807) is 7.11 Å². The third-order valence-electron chi connectivity index (χ3n) is 4.89. The van der Waals surface area contributed by atoms with Gasteiger partial charge < -0.3 is 25.3 Å². The van der Waals surface area contributed by atoms with Crippen LogP contribution in [0.4, 0.5) is 0 Å². The van der Waals surface area contributed by atoms with Crippen molar-refractivity contribution in [3.63, 3.8) is 0 Å². The van der Waals surface area contributed by atoms with Gasteiger partial charge in [0, 0.05) is 38.8 Å². The normalized spacial score (nSPS) is 18.6. The zero-order valence-electron chi connectivity index (χ0n) is 18.6. The van der Waals surface area contributed by atoms with E-state index in [-0.39, 0.29) is 48.5 Å². The molecule has 10 heteroatoms. The minimum atomic E-state index is -0.663. The number of hydrogen-bond donors (Lipinski definition) is 2. The second kappa shape index (κ2) is 11.8. The maximum atomic E-state index is 12.4. The van der Waals surface area contributed by atoms with Crippen LogP contribution in [-0.4, -0.2) is 84.0 Å². The van der Waals surface area contributed by atoms with E-state index >= 15 is 0 Å². The van der Waals surface area contributed by atoms with Gasteiger partial charge in [0.05, 0.1) is 29.1 Å². The number of hydrogen-bond acceptors (Lipinski definition) is 8. The summed E-state index contributed by atoms with van der Waals surface area (Å²) in [5.41, 5.74) is 4.69. The van der Waals surface area contributed by atoms with Crippen LogP contribution in [0.5, 0.6) is 0 Å². The smallest absolute Gasteiger partial charge is 0.242 e. The summed E-state index contributed by atoms with van der Waals surface area (Å²) in [5, 5.41) is 2.25. The van der Waals surface area contributed by atoms with Crippen LogP contribution in [-0.2, 0) is 28.7 Å². The van der Waals surface area contributed by atoms with Crippen molar-refractivity contribution >= 4 is 35.8 Å². The number of rotatable bonds is 14. The van der Waals surface area contributed by atoms with Crippen molar-refractivity contribution in [2.75, 3.05) is 32.6 Å². The first-order valence-corrected chi connectivity index (χ1v) is 11.1. The maximum absolute atomic E-state index is 12.4. The van der Waals surface area contributed by atoms with Gasteiger partial charge in [0.2, 0.25) is 17.7 Å². The van der Waals surface area contributed by atoms with Crippen LogP contribution >= 0.6 is 11.8 Å². The lowest BCUT2D eigenvalue weighted by atomic mass is 10.1. The molecule has 1 heterocycles. The second-order valence-electron chi connectivity index (χ2n) is 8.56. The van der Waals surface area contributed by atoms with E-state index in [1.807, 2.05) is 27.7 Å². The Labute approximate surface area is 182 Å². The van der Waals surface area contributed by atoms with Gasteiger partial charge in [-0.05, 0) is 34.1 Å². The number of aldehydes is 1. The van der Waals surface area contributed by atoms with Crippen LogP contribution < -0.4 is 11.1 Å². The molecule has 30 heavy (non-hydrogen) atoms. The number of nitrogens with two attached hydrogens (primary N) is 1. The quantitative estimate of drug-likeness (QED) is 0.292. The lowest BCUT2D eigenvalue weighted by Gasteiger charge is -2.29. The van der Waals surface area contributed by atoms with Crippen LogP contribution in [0, 0.1) is 0 Å². The molecule has 9 nitrogen and oxygen atoms in total. The molecule has 2 unspecified atom stereocenters. The van der Waals surface area contributed by atoms with Gasteiger partial charge >= 0.3 is 0 Å². The molecule has 0 aliphatic carbocycles. The Morgan fingerprint density at radius 3 is 2.60 bits per heavy atom. The SMILES string of the molecule is COC(C)(C)CCOC(C)(C)CNC(=O)CCN1C(=O)CC(SCC(N)C=O)C1=O. The number of imide groups is 1. The van der Waals surface area contributed by atoms with E-state index in [2.05, 4.69) is 5.32 Å². The molecule has 172 valence electrons. The lowest BCUT2D eigenvalue weighted by molar-refractivity contribution is -0.138. The van der Waals surface area contributed by atoms with Crippen molar-refractivity contribution in [1.82, 2.24) is 10.2 Å². The Morgan fingerprint density at radius 2 is 2.00 bits per heavy atom. The van der Waals surface area contributed by atoms with Crippen molar-refractivity contribution in [2.45, 2.75) is 69.5 Å². The topological polar surface area (TPSA) is 128 Å². The first kappa shape index (κ1) is 26.5. The number of thioether (sulfide) groups is 1. The fourth-order valence-corrected chi connectivity index (χ4v) is 3.69. The number of nitrogens with zero attached hydrogens (tertiary/aromatic N) is 1. The number of ether oxygens (including phenoxy) is 2.